The number of carbonyl (C=O) groups is 1. The molecule has 0 radical (unpaired) electrons. The number of halogens is 2. The average molecular weight is 307 g/mol. The van der Waals surface area contributed by atoms with Gasteiger partial charge in [0.2, 0.25) is 0 Å². The highest BCUT2D eigenvalue weighted by Gasteiger charge is 2.11. The van der Waals surface area contributed by atoms with Gasteiger partial charge < -0.3 is 10.1 Å². The molecule has 0 fully saturated rings. The van der Waals surface area contributed by atoms with Crippen LogP contribution in [-0.2, 0) is 4.74 Å². The van der Waals surface area contributed by atoms with E-state index in [-0.39, 0.29) is 5.91 Å². The van der Waals surface area contributed by atoms with E-state index < -0.39 is 0 Å². The largest absolute Gasteiger partial charge is 0.380 e. The van der Waals surface area contributed by atoms with Crippen molar-refractivity contribution in [1.82, 2.24) is 5.32 Å². The van der Waals surface area contributed by atoms with Crippen LogP contribution in [0.25, 0.3) is 0 Å². The fourth-order valence-electron chi connectivity index (χ4n) is 1.16. The molecule has 1 aromatic rings. The number of hydrogen-bond donors (Lipinski definition) is 1. The van der Waals surface area contributed by atoms with Gasteiger partial charge in [0.05, 0.1) is 17.2 Å². The van der Waals surface area contributed by atoms with Crippen LogP contribution >= 0.6 is 27.5 Å². The summed E-state index contributed by atoms with van der Waals surface area (Å²) in [5.74, 6) is -0.189. The van der Waals surface area contributed by atoms with Crippen molar-refractivity contribution in [3.8, 4) is 0 Å². The predicted molar refractivity (Wildman–Crippen MR) is 68.0 cm³/mol. The number of amides is 1. The average Bonchev–Trinajstić information content (AvgIpc) is 2.28. The molecule has 16 heavy (non-hydrogen) atoms. The lowest BCUT2D eigenvalue weighted by Gasteiger charge is -2.07. The van der Waals surface area contributed by atoms with Crippen molar-refractivity contribution in [1.29, 1.82) is 0 Å². The van der Waals surface area contributed by atoms with E-state index in [0.29, 0.717) is 34.8 Å². The van der Waals surface area contributed by atoms with Gasteiger partial charge in [0.15, 0.2) is 0 Å². The fraction of sp³-hybridized carbons (Fsp3) is 0.364. The number of benzene rings is 1. The molecule has 0 heterocycles. The number of ether oxygens (including phenoxy) is 1. The number of rotatable bonds is 5. The molecular weight excluding hydrogens is 293 g/mol. The maximum absolute atomic E-state index is 11.7. The van der Waals surface area contributed by atoms with Gasteiger partial charge in [0.1, 0.15) is 0 Å². The summed E-state index contributed by atoms with van der Waals surface area (Å²) in [5, 5.41) is 3.16. The first kappa shape index (κ1) is 13.5. The first-order valence-electron chi connectivity index (χ1n) is 4.96. The van der Waals surface area contributed by atoms with Crippen LogP contribution in [0.5, 0.6) is 0 Å². The minimum absolute atomic E-state index is 0.189. The lowest BCUT2D eigenvalue weighted by Crippen LogP contribution is -2.27. The molecule has 0 saturated carbocycles. The molecule has 0 atom stereocenters. The van der Waals surface area contributed by atoms with Crippen LogP contribution in [0.3, 0.4) is 0 Å². The molecule has 88 valence electrons. The summed E-state index contributed by atoms with van der Waals surface area (Å²) in [5.41, 5.74) is 0.465. The summed E-state index contributed by atoms with van der Waals surface area (Å²) in [6, 6.07) is 5.25. The van der Waals surface area contributed by atoms with E-state index in [9.17, 15) is 4.79 Å². The fourth-order valence-corrected chi connectivity index (χ4v) is 1.73. The van der Waals surface area contributed by atoms with E-state index in [1.165, 1.54) is 0 Å². The molecule has 1 rings (SSSR count). The first-order chi connectivity index (χ1) is 7.66. The Hall–Kier alpha value is -0.580. The van der Waals surface area contributed by atoms with Crippen molar-refractivity contribution < 1.29 is 9.53 Å². The van der Waals surface area contributed by atoms with Gasteiger partial charge in [-0.1, -0.05) is 17.7 Å². The highest BCUT2D eigenvalue weighted by Crippen LogP contribution is 2.25. The van der Waals surface area contributed by atoms with E-state index >= 15 is 0 Å². The molecule has 3 nitrogen and oxygen atoms in total. The van der Waals surface area contributed by atoms with Crippen molar-refractivity contribution in [3.63, 3.8) is 0 Å². The van der Waals surface area contributed by atoms with Gasteiger partial charge in [-0.05, 0) is 35.0 Å². The zero-order valence-corrected chi connectivity index (χ0v) is 11.3. The molecule has 0 unspecified atom stereocenters. The van der Waals surface area contributed by atoms with Gasteiger partial charge in [0, 0.05) is 17.6 Å². The van der Waals surface area contributed by atoms with Crippen LogP contribution in [0.15, 0.2) is 22.7 Å². The maximum atomic E-state index is 11.7. The molecular formula is C11H13BrClNO2. The Kier molecular flexibility index (Phi) is 5.80. The predicted octanol–water partition coefficient (Wildman–Crippen LogP) is 2.87. The van der Waals surface area contributed by atoms with Crippen LogP contribution in [-0.4, -0.2) is 25.7 Å². The number of hydrogen-bond acceptors (Lipinski definition) is 2. The van der Waals surface area contributed by atoms with Gasteiger partial charge in [-0.3, -0.25) is 4.79 Å². The summed E-state index contributed by atoms with van der Waals surface area (Å²) < 4.78 is 5.83. The Labute approximate surface area is 108 Å². The lowest BCUT2D eigenvalue weighted by molar-refractivity contribution is 0.0922. The second-order valence-corrected chi connectivity index (χ2v) is 4.29. The monoisotopic (exact) mass is 305 g/mol. The zero-order chi connectivity index (χ0) is 12.0. The van der Waals surface area contributed by atoms with Gasteiger partial charge in [-0.25, -0.2) is 0 Å². The third-order valence-electron chi connectivity index (χ3n) is 1.93. The van der Waals surface area contributed by atoms with Crippen LogP contribution in [0.2, 0.25) is 5.02 Å². The molecule has 0 spiro atoms. The van der Waals surface area contributed by atoms with Crippen molar-refractivity contribution >= 4 is 33.4 Å². The summed E-state index contributed by atoms with van der Waals surface area (Å²) in [4.78, 5) is 11.7. The van der Waals surface area contributed by atoms with Gasteiger partial charge in [-0.15, -0.1) is 0 Å². The Balaban J connectivity index is 2.56. The third-order valence-corrected chi connectivity index (χ3v) is 3.23. The molecule has 0 bridgehead atoms. The standard InChI is InChI=1S/C11H13BrClNO2/c1-2-16-7-6-14-11(15)8-4-3-5-9(12)10(8)13/h3-5H,2,6-7H2,1H3,(H,14,15). The molecule has 0 aliphatic rings. The molecule has 0 aliphatic carbocycles. The molecule has 1 aromatic carbocycles. The number of carbonyl (C=O) groups excluding carboxylic acids is 1. The quantitative estimate of drug-likeness (QED) is 0.850. The second kappa shape index (κ2) is 6.89. The van der Waals surface area contributed by atoms with E-state index in [1.807, 2.05) is 6.92 Å². The Morgan fingerprint density at radius 3 is 3.00 bits per heavy atom. The summed E-state index contributed by atoms with van der Waals surface area (Å²) >= 11 is 9.26. The number of nitrogens with one attached hydrogen (secondary N) is 1. The highest BCUT2D eigenvalue weighted by molar-refractivity contribution is 9.10. The van der Waals surface area contributed by atoms with Crippen LogP contribution in [0.4, 0.5) is 0 Å². The minimum Gasteiger partial charge on any atom is -0.380 e. The molecule has 0 saturated heterocycles. The second-order valence-electron chi connectivity index (χ2n) is 3.05. The zero-order valence-electron chi connectivity index (χ0n) is 8.93. The van der Waals surface area contributed by atoms with Crippen molar-refractivity contribution in [2.75, 3.05) is 19.8 Å². The topological polar surface area (TPSA) is 38.3 Å². The molecule has 5 heteroatoms. The van der Waals surface area contributed by atoms with Crippen molar-refractivity contribution in [2.45, 2.75) is 6.92 Å². The van der Waals surface area contributed by atoms with Crippen LogP contribution in [0.1, 0.15) is 17.3 Å². The van der Waals surface area contributed by atoms with E-state index in [4.69, 9.17) is 16.3 Å². The maximum Gasteiger partial charge on any atom is 0.252 e. The van der Waals surface area contributed by atoms with E-state index in [0.717, 1.165) is 0 Å². The summed E-state index contributed by atoms with van der Waals surface area (Å²) in [6.07, 6.45) is 0. The van der Waals surface area contributed by atoms with E-state index in [2.05, 4.69) is 21.2 Å². The van der Waals surface area contributed by atoms with Crippen LogP contribution < -0.4 is 5.32 Å². The van der Waals surface area contributed by atoms with Crippen molar-refractivity contribution in [3.05, 3.63) is 33.3 Å². The van der Waals surface area contributed by atoms with Crippen LogP contribution in [0, 0.1) is 0 Å². The van der Waals surface area contributed by atoms with Gasteiger partial charge in [0.25, 0.3) is 5.91 Å². The Bertz CT molecular complexity index is 371. The lowest BCUT2D eigenvalue weighted by atomic mass is 10.2. The molecule has 1 N–H and O–H groups in total. The molecule has 0 aliphatic heterocycles. The highest BCUT2D eigenvalue weighted by atomic mass is 79.9. The van der Waals surface area contributed by atoms with Gasteiger partial charge in [-0.2, -0.15) is 0 Å². The SMILES string of the molecule is CCOCCNC(=O)c1cccc(Br)c1Cl. The Morgan fingerprint density at radius 2 is 2.31 bits per heavy atom. The molecule has 1 amide bonds. The van der Waals surface area contributed by atoms with E-state index in [1.54, 1.807) is 18.2 Å². The van der Waals surface area contributed by atoms with Crippen molar-refractivity contribution in [2.24, 2.45) is 0 Å². The first-order valence-corrected chi connectivity index (χ1v) is 6.14. The smallest absolute Gasteiger partial charge is 0.252 e. The Morgan fingerprint density at radius 1 is 1.56 bits per heavy atom. The third kappa shape index (κ3) is 3.77. The molecule has 0 aromatic heterocycles. The van der Waals surface area contributed by atoms with Gasteiger partial charge >= 0.3 is 0 Å². The summed E-state index contributed by atoms with van der Waals surface area (Å²) in [7, 11) is 0. The minimum atomic E-state index is -0.189. The normalized spacial score (nSPS) is 10.2. The summed E-state index contributed by atoms with van der Waals surface area (Å²) in [6.45, 7) is 3.55.